The molecule has 1 aromatic rings. The molecule has 1 aromatic heterocycles. The van der Waals surface area contributed by atoms with Crippen molar-refractivity contribution in [2.24, 2.45) is 0 Å². The minimum Gasteiger partial charge on any atom is -0.477 e. The molecule has 1 aliphatic rings. The molecule has 0 spiro atoms. The maximum absolute atomic E-state index is 11.3. The van der Waals surface area contributed by atoms with Crippen molar-refractivity contribution in [3.8, 4) is 0 Å². The van der Waals surface area contributed by atoms with Crippen LogP contribution in [0, 0.1) is 4.91 Å². The van der Waals surface area contributed by atoms with Gasteiger partial charge in [-0.3, -0.25) is 0 Å². The van der Waals surface area contributed by atoms with Crippen LogP contribution in [-0.2, 0) is 0 Å². The van der Waals surface area contributed by atoms with Gasteiger partial charge in [0.2, 0.25) is 0 Å². The van der Waals surface area contributed by atoms with E-state index < -0.39 is 5.97 Å². The first-order valence-electron chi connectivity index (χ1n) is 5.99. The maximum atomic E-state index is 11.3. The molecule has 0 unspecified atom stereocenters. The predicted octanol–water partition coefficient (Wildman–Crippen LogP) is 1.81. The lowest BCUT2D eigenvalue weighted by Crippen LogP contribution is -2.30. The van der Waals surface area contributed by atoms with Gasteiger partial charge in [0, 0.05) is 28.8 Å². The molecule has 0 radical (unpaired) electrons. The van der Waals surface area contributed by atoms with E-state index in [0.717, 1.165) is 25.9 Å². The minimum absolute atomic E-state index is 0.00285. The van der Waals surface area contributed by atoms with Crippen LogP contribution in [0.4, 0.5) is 11.5 Å². The van der Waals surface area contributed by atoms with Crippen LogP contribution in [0.2, 0.25) is 0 Å². The number of anilines is 1. The Morgan fingerprint density at radius 3 is 2.61 bits per heavy atom. The fourth-order valence-corrected chi connectivity index (χ4v) is 2.16. The number of hydrogen-bond donors (Lipinski definition) is 1. The van der Waals surface area contributed by atoms with Gasteiger partial charge in [0.15, 0.2) is 7.05 Å². The highest BCUT2D eigenvalue weighted by Crippen LogP contribution is 2.24. The summed E-state index contributed by atoms with van der Waals surface area (Å²) in [7, 11) is 1.27. The average Bonchev–Trinajstić information content (AvgIpc) is 2.39. The van der Waals surface area contributed by atoms with E-state index in [1.54, 1.807) is 0 Å². The van der Waals surface area contributed by atoms with Crippen molar-refractivity contribution in [1.82, 2.24) is 4.98 Å². The van der Waals surface area contributed by atoms with Crippen LogP contribution < -0.4 is 4.90 Å². The van der Waals surface area contributed by atoms with E-state index in [-0.39, 0.29) is 11.3 Å². The Morgan fingerprint density at radius 1 is 1.39 bits per heavy atom. The molecule has 6 heteroatoms. The smallest absolute Gasteiger partial charge is 0.342 e. The lowest BCUT2D eigenvalue weighted by molar-refractivity contribution is -0.428. The minimum atomic E-state index is -1.10. The van der Waals surface area contributed by atoms with Crippen LogP contribution >= 0.6 is 0 Å². The molecule has 18 heavy (non-hydrogen) atoms. The fourth-order valence-electron chi connectivity index (χ4n) is 2.16. The zero-order chi connectivity index (χ0) is 13.1. The van der Waals surface area contributed by atoms with Crippen molar-refractivity contribution in [2.45, 2.75) is 19.3 Å². The molecule has 1 N–H and O–H groups in total. The van der Waals surface area contributed by atoms with Crippen LogP contribution in [0.1, 0.15) is 29.6 Å². The first-order valence-corrected chi connectivity index (χ1v) is 5.99. The molecule has 1 fully saturated rings. The molecule has 1 saturated heterocycles. The highest BCUT2D eigenvalue weighted by atomic mass is 16.4. The number of hydrogen-bond acceptors (Lipinski definition) is 4. The van der Waals surface area contributed by atoms with Crippen molar-refractivity contribution in [1.29, 1.82) is 0 Å². The Balaban J connectivity index is 2.36. The summed E-state index contributed by atoms with van der Waals surface area (Å²) in [5, 5.41) is 9.13. The van der Waals surface area contributed by atoms with Crippen LogP contribution in [0.15, 0.2) is 12.3 Å². The highest BCUT2D eigenvalue weighted by molar-refractivity contribution is 5.93. The van der Waals surface area contributed by atoms with Gasteiger partial charge in [-0.2, -0.15) is 0 Å². The van der Waals surface area contributed by atoms with Gasteiger partial charge < -0.3 is 10.0 Å². The normalized spacial score (nSPS) is 15.5. The Kier molecular flexibility index (Phi) is 3.55. The third-order valence-corrected chi connectivity index (χ3v) is 3.12. The van der Waals surface area contributed by atoms with Gasteiger partial charge in [0.05, 0.1) is 0 Å². The van der Waals surface area contributed by atoms with Crippen molar-refractivity contribution in [2.75, 3.05) is 25.0 Å². The molecule has 2 rings (SSSR count). The van der Waals surface area contributed by atoms with E-state index in [1.165, 1.54) is 25.7 Å². The molecule has 1 aliphatic heterocycles. The number of carboxylic acids is 1. The zero-order valence-corrected chi connectivity index (χ0v) is 10.3. The molecule has 2 heterocycles. The van der Waals surface area contributed by atoms with Crippen molar-refractivity contribution < 1.29 is 14.7 Å². The van der Waals surface area contributed by atoms with E-state index in [0.29, 0.717) is 10.6 Å². The first-order chi connectivity index (χ1) is 8.59. The van der Waals surface area contributed by atoms with Gasteiger partial charge in [0.25, 0.3) is 5.69 Å². The van der Waals surface area contributed by atoms with Gasteiger partial charge in [-0.15, -0.1) is 0 Å². The Bertz CT molecular complexity index is 481. The number of carboxylic acid groups (broad SMARTS) is 1. The number of rotatable bonds is 3. The summed E-state index contributed by atoms with van der Waals surface area (Å²) in [4.78, 5) is 28.7. The van der Waals surface area contributed by atoms with Gasteiger partial charge in [-0.05, 0) is 19.3 Å². The van der Waals surface area contributed by atoms with Crippen molar-refractivity contribution in [3.05, 3.63) is 22.7 Å². The Morgan fingerprint density at radius 2 is 2.06 bits per heavy atom. The number of carbonyl (C=O) groups is 1. The standard InChI is InChI=1S/C12H15N3O3/c1-14(18)10-8-13-11(7-9(10)12(16)17)15-5-3-2-4-6-15/h7-8H,2-6H2,1H3/p+1. The molecule has 0 amide bonds. The summed E-state index contributed by atoms with van der Waals surface area (Å²) in [6, 6.07) is 1.48. The summed E-state index contributed by atoms with van der Waals surface area (Å²) in [5.74, 6) is -0.467. The Labute approximate surface area is 105 Å². The summed E-state index contributed by atoms with van der Waals surface area (Å²) in [5.41, 5.74) is 0.0892. The second-order valence-corrected chi connectivity index (χ2v) is 4.41. The largest absolute Gasteiger partial charge is 0.477 e. The van der Waals surface area contributed by atoms with Gasteiger partial charge >= 0.3 is 5.97 Å². The summed E-state index contributed by atoms with van der Waals surface area (Å²) < 4.78 is 0.524. The fraction of sp³-hybridized carbons (Fsp3) is 0.500. The zero-order valence-electron chi connectivity index (χ0n) is 10.3. The number of nitrogens with zero attached hydrogens (tertiary/aromatic N) is 3. The van der Waals surface area contributed by atoms with Crippen LogP contribution in [0.5, 0.6) is 0 Å². The van der Waals surface area contributed by atoms with Gasteiger partial charge in [-0.25, -0.2) is 9.78 Å². The van der Waals surface area contributed by atoms with Crippen LogP contribution in [0.25, 0.3) is 0 Å². The molecular formula is C12H16N3O3+. The van der Waals surface area contributed by atoms with Gasteiger partial charge in [0.1, 0.15) is 17.6 Å². The van der Waals surface area contributed by atoms with Gasteiger partial charge in [-0.1, -0.05) is 0 Å². The topological polar surface area (TPSA) is 73.5 Å². The maximum Gasteiger partial charge on any atom is 0.342 e. The molecule has 96 valence electrons. The number of aromatic nitrogens is 1. The molecule has 6 nitrogen and oxygen atoms in total. The van der Waals surface area contributed by atoms with Crippen LogP contribution in [0.3, 0.4) is 0 Å². The molecule has 0 aromatic carbocycles. The summed E-state index contributed by atoms with van der Waals surface area (Å²) >= 11 is 0. The molecule has 0 bridgehead atoms. The van der Waals surface area contributed by atoms with Crippen molar-refractivity contribution in [3.63, 3.8) is 0 Å². The predicted molar refractivity (Wildman–Crippen MR) is 66.5 cm³/mol. The van der Waals surface area contributed by atoms with Crippen molar-refractivity contribution >= 4 is 17.5 Å². The number of piperidine rings is 1. The lowest BCUT2D eigenvalue weighted by Gasteiger charge is -2.27. The molecule has 0 saturated carbocycles. The van der Waals surface area contributed by atoms with E-state index in [2.05, 4.69) is 9.88 Å². The number of pyridine rings is 1. The lowest BCUT2D eigenvalue weighted by atomic mass is 10.1. The number of nitroso groups, excluding NO2 is 1. The quantitative estimate of drug-likeness (QED) is 0.828. The average molecular weight is 250 g/mol. The second kappa shape index (κ2) is 5.12. The van der Waals surface area contributed by atoms with E-state index in [9.17, 15) is 9.70 Å². The van der Waals surface area contributed by atoms with E-state index in [1.807, 2.05) is 0 Å². The second-order valence-electron chi connectivity index (χ2n) is 4.41. The Hall–Kier alpha value is -1.98. The third-order valence-electron chi connectivity index (χ3n) is 3.12. The summed E-state index contributed by atoms with van der Waals surface area (Å²) in [6.45, 7) is 1.78. The summed E-state index contributed by atoms with van der Waals surface area (Å²) in [6.07, 6.45) is 4.71. The first kappa shape index (κ1) is 12.5. The van der Waals surface area contributed by atoms with E-state index >= 15 is 0 Å². The molecular weight excluding hydrogens is 234 g/mol. The van der Waals surface area contributed by atoms with Crippen LogP contribution in [-0.4, -0.2) is 41.0 Å². The van der Waals surface area contributed by atoms with E-state index in [4.69, 9.17) is 5.11 Å². The number of aromatic carboxylic acids is 1. The SMILES string of the molecule is C[N+](=O)c1cnc(N2CCCCC2)cc1C(=O)O. The molecule has 0 atom stereocenters. The highest BCUT2D eigenvalue weighted by Gasteiger charge is 2.23. The third kappa shape index (κ3) is 2.47. The molecule has 0 aliphatic carbocycles. The monoisotopic (exact) mass is 250 g/mol.